The van der Waals surface area contributed by atoms with Crippen molar-refractivity contribution in [2.45, 2.75) is 141 Å². The molecule has 1 atom stereocenters. The zero-order chi connectivity index (χ0) is 33.7. The maximum Gasteiger partial charge on any atom is 0.303 e. The normalized spacial score (nSPS) is 15.4. The van der Waals surface area contributed by atoms with E-state index < -0.39 is 85.2 Å². The van der Waals surface area contributed by atoms with Crippen molar-refractivity contribution in [1.29, 1.82) is 0 Å². The quantitative estimate of drug-likeness (QED) is 0.0501. The largest absolute Gasteiger partial charge is 0.539 e. The molecule has 1 nitrogen and oxygen atoms in total. The van der Waals surface area contributed by atoms with Crippen molar-refractivity contribution in [3.8, 4) is 16.9 Å². The summed E-state index contributed by atoms with van der Waals surface area (Å²) < 4.78 is 127. The van der Waals surface area contributed by atoms with Gasteiger partial charge < -0.3 is 4.43 Å². The Kier molecular flexibility index (Phi) is 12.8. The van der Waals surface area contributed by atoms with Crippen LogP contribution in [-0.4, -0.2) is 16.4 Å². The average Bonchev–Trinajstić information content (AvgIpc) is 3.24. The van der Waals surface area contributed by atoms with Crippen molar-refractivity contribution in [3.63, 3.8) is 0 Å². The van der Waals surface area contributed by atoms with Gasteiger partial charge in [0.2, 0.25) is 5.82 Å². The van der Waals surface area contributed by atoms with Crippen molar-refractivity contribution in [1.82, 2.24) is 0 Å². The Hall–Kier alpha value is -1.89. The first-order valence-corrected chi connectivity index (χ1v) is 21.8. The van der Waals surface area contributed by atoms with Gasteiger partial charge in [0.05, 0.1) is 13.6 Å². The molecule has 0 N–H and O–H groups in total. The molecular weight excluding hydrogens is 633 g/mol. The van der Waals surface area contributed by atoms with Gasteiger partial charge in [-0.2, -0.15) is 13.2 Å². The Bertz CT molecular complexity index is 1320. The van der Waals surface area contributed by atoms with Gasteiger partial charge in [0.1, 0.15) is 0 Å². The third-order valence-corrected chi connectivity index (χ3v) is 21.4. The number of alkyl halides is 2. The Morgan fingerprint density at radius 2 is 1.20 bits per heavy atom. The molecule has 0 heterocycles. The van der Waals surface area contributed by atoms with Gasteiger partial charge in [0, 0.05) is 22.8 Å². The second-order valence-corrected chi connectivity index (χ2v) is 23.1. The minimum atomic E-state index is -4.55. The van der Waals surface area contributed by atoms with Crippen molar-refractivity contribution in [2.75, 3.05) is 0 Å². The molecule has 2 aromatic carbocycles. The standard InChI is InChI=1S/C34H47F8OSi2/c1-7-11-12-13-14-15-16-19-45(22(5)6,20-17-18-44(8-2,9-3)10-4)43-33-30(38)26-25-23(21-24(35)28(36)29(25)37)34(41,42)27(26)31(39)32(33)40/h22H,7-20H2,1-6H3. The van der Waals surface area contributed by atoms with Crippen molar-refractivity contribution in [2.24, 2.45) is 0 Å². The molecule has 253 valence electrons. The fraction of sp³-hybridized carbons (Fsp3) is 0.647. The molecule has 0 amide bonds. The smallest absolute Gasteiger partial charge is 0.303 e. The first-order valence-electron chi connectivity index (χ1n) is 16.6. The van der Waals surface area contributed by atoms with Crippen molar-refractivity contribution in [3.05, 3.63) is 52.1 Å². The van der Waals surface area contributed by atoms with Crippen LogP contribution < -0.4 is 4.43 Å². The lowest BCUT2D eigenvalue weighted by molar-refractivity contribution is 0.0422. The van der Waals surface area contributed by atoms with E-state index >= 15 is 22.0 Å². The van der Waals surface area contributed by atoms with Gasteiger partial charge in [0.25, 0.3) is 8.32 Å². The molecule has 0 saturated heterocycles. The maximum absolute atomic E-state index is 16.2. The molecule has 0 aromatic heterocycles. The third kappa shape index (κ3) is 7.34. The second kappa shape index (κ2) is 15.3. The predicted octanol–water partition coefficient (Wildman–Crippen LogP) is 12.8. The van der Waals surface area contributed by atoms with Gasteiger partial charge in [0.15, 0.2) is 34.8 Å². The topological polar surface area (TPSA) is 9.23 Å². The fourth-order valence-electron chi connectivity index (χ4n) is 6.95. The van der Waals surface area contributed by atoms with E-state index in [1.165, 1.54) is 6.07 Å². The van der Waals surface area contributed by atoms with E-state index in [9.17, 15) is 13.2 Å². The highest BCUT2D eigenvalue weighted by atomic mass is 28.4. The van der Waals surface area contributed by atoms with E-state index in [1.807, 2.05) is 13.8 Å². The van der Waals surface area contributed by atoms with E-state index in [0.29, 0.717) is 12.1 Å². The van der Waals surface area contributed by atoms with E-state index in [-0.39, 0.29) is 5.54 Å². The van der Waals surface area contributed by atoms with Crippen LogP contribution in [0.15, 0.2) is 0 Å². The molecule has 0 spiro atoms. The first kappa shape index (κ1) is 37.6. The van der Waals surface area contributed by atoms with Gasteiger partial charge in [-0.25, -0.2) is 22.0 Å². The van der Waals surface area contributed by atoms with Crippen LogP contribution in [0, 0.1) is 41.0 Å². The summed E-state index contributed by atoms with van der Waals surface area (Å²) >= 11 is 0. The lowest BCUT2D eigenvalue weighted by atomic mass is 10.0. The fourth-order valence-corrected chi connectivity index (χ4v) is 14.8. The zero-order valence-electron chi connectivity index (χ0n) is 27.4. The van der Waals surface area contributed by atoms with Crippen LogP contribution in [0.25, 0.3) is 11.1 Å². The SMILES string of the molecule is CCCCCCCCC[Si](CCC[Si](CC)(CC)CC)(Oc1c(F)c(F)c2c(c1F)-c1c([c]c(F)c(F)c1F)C2(F)F)C(C)C. The molecule has 0 saturated carbocycles. The summed E-state index contributed by atoms with van der Waals surface area (Å²) in [6.45, 7) is 12.5. The summed E-state index contributed by atoms with van der Waals surface area (Å²) in [6, 6.07) is 6.73. The van der Waals surface area contributed by atoms with E-state index in [4.69, 9.17) is 4.43 Å². The van der Waals surface area contributed by atoms with Gasteiger partial charge in [-0.05, 0) is 17.6 Å². The highest BCUT2D eigenvalue weighted by molar-refractivity contribution is 6.80. The van der Waals surface area contributed by atoms with E-state index in [2.05, 4.69) is 27.7 Å². The molecule has 45 heavy (non-hydrogen) atoms. The minimum Gasteiger partial charge on any atom is -0.539 e. The highest BCUT2D eigenvalue weighted by Gasteiger charge is 2.54. The predicted molar refractivity (Wildman–Crippen MR) is 169 cm³/mol. The van der Waals surface area contributed by atoms with Crippen LogP contribution in [0.1, 0.15) is 104 Å². The lowest BCUT2D eigenvalue weighted by Crippen LogP contribution is -2.46. The molecule has 1 unspecified atom stereocenters. The van der Waals surface area contributed by atoms with Crippen LogP contribution in [0.3, 0.4) is 0 Å². The first-order chi connectivity index (χ1) is 21.2. The van der Waals surface area contributed by atoms with Gasteiger partial charge in [-0.15, -0.1) is 0 Å². The highest BCUT2D eigenvalue weighted by Crippen LogP contribution is 2.56. The Morgan fingerprint density at radius 3 is 1.76 bits per heavy atom. The van der Waals surface area contributed by atoms with Crippen molar-refractivity contribution >= 4 is 16.4 Å². The summed E-state index contributed by atoms with van der Waals surface area (Å²) in [4.78, 5) is 0. The number of hydrogen-bond donors (Lipinski definition) is 0. The summed E-state index contributed by atoms with van der Waals surface area (Å²) in [7, 11) is -4.71. The molecule has 1 aliphatic rings. The Morgan fingerprint density at radius 1 is 0.644 bits per heavy atom. The zero-order valence-corrected chi connectivity index (χ0v) is 29.4. The number of unbranched alkanes of at least 4 members (excludes halogenated alkanes) is 6. The second-order valence-electron chi connectivity index (χ2n) is 13.0. The summed E-state index contributed by atoms with van der Waals surface area (Å²) in [5, 5.41) is 0. The number of halogens is 8. The van der Waals surface area contributed by atoms with E-state index in [1.54, 1.807) is 0 Å². The van der Waals surface area contributed by atoms with Gasteiger partial charge in [-0.1, -0.05) is 117 Å². The monoisotopic (exact) mass is 679 g/mol. The number of rotatable bonds is 18. The summed E-state index contributed by atoms with van der Waals surface area (Å²) in [5.41, 5.74) is -6.30. The van der Waals surface area contributed by atoms with Crippen LogP contribution in [0.4, 0.5) is 35.1 Å². The molecule has 3 rings (SSSR count). The van der Waals surface area contributed by atoms with Crippen LogP contribution >= 0.6 is 0 Å². The molecule has 0 aliphatic heterocycles. The van der Waals surface area contributed by atoms with E-state index in [0.717, 1.165) is 75.5 Å². The molecule has 1 aliphatic carbocycles. The average molecular weight is 680 g/mol. The van der Waals surface area contributed by atoms with Crippen LogP contribution in [0.2, 0.25) is 41.8 Å². The van der Waals surface area contributed by atoms with Gasteiger partial charge >= 0.3 is 5.92 Å². The Labute approximate surface area is 265 Å². The van der Waals surface area contributed by atoms with Crippen molar-refractivity contribution < 1.29 is 39.5 Å². The molecule has 0 fully saturated rings. The number of benzene rings is 2. The molecule has 2 aromatic rings. The third-order valence-electron chi connectivity index (χ3n) is 10.4. The van der Waals surface area contributed by atoms with Crippen LogP contribution in [-0.2, 0) is 5.92 Å². The number of fused-ring (bicyclic) bond motifs is 3. The maximum atomic E-state index is 16.2. The summed E-state index contributed by atoms with van der Waals surface area (Å²) in [5.74, 6) is -17.9. The molecule has 1 radical (unpaired) electrons. The molecule has 0 bridgehead atoms. The minimum absolute atomic E-state index is 0.181. The lowest BCUT2D eigenvalue weighted by Gasteiger charge is -2.38. The summed E-state index contributed by atoms with van der Waals surface area (Å²) in [6.07, 6.45) is 7.78. The van der Waals surface area contributed by atoms with Crippen LogP contribution in [0.5, 0.6) is 5.75 Å². The number of hydrogen-bond acceptors (Lipinski definition) is 1. The Balaban J connectivity index is 2.10. The molecular formula is C34H47F8OSi2. The molecule has 11 heteroatoms. The van der Waals surface area contributed by atoms with Gasteiger partial charge in [-0.3, -0.25) is 0 Å².